The smallest absolute Gasteiger partial charge is 0.253 e. The van der Waals surface area contributed by atoms with Gasteiger partial charge >= 0.3 is 0 Å². The lowest BCUT2D eigenvalue weighted by Crippen LogP contribution is -2.34. The van der Waals surface area contributed by atoms with E-state index < -0.39 is 0 Å². The standard InChI is InChI=1S/C27H32N2O2/c1-17(2)18-11-13-19(14-12-18)25-22-8-3-7-21(22)23-9-4-10-24(26(23)29-25)27(30)28-16-20-6-5-15-31-20/h3-4,7,9-14,17,20-22,25,29H,5-6,8,15-16H2,1-2H3,(H,28,30). The first-order chi connectivity index (χ1) is 15.1. The summed E-state index contributed by atoms with van der Waals surface area (Å²) >= 11 is 0. The summed E-state index contributed by atoms with van der Waals surface area (Å²) in [5.41, 5.74) is 5.60. The van der Waals surface area contributed by atoms with Gasteiger partial charge in [0.1, 0.15) is 0 Å². The van der Waals surface area contributed by atoms with Crippen LogP contribution in [0.2, 0.25) is 0 Å². The first-order valence-electron chi connectivity index (χ1n) is 11.7. The fourth-order valence-corrected chi connectivity index (χ4v) is 5.34. The van der Waals surface area contributed by atoms with Crippen molar-refractivity contribution in [1.29, 1.82) is 0 Å². The highest BCUT2D eigenvalue weighted by Gasteiger charge is 2.39. The number of benzene rings is 2. The average Bonchev–Trinajstić information content (AvgIpc) is 3.49. The van der Waals surface area contributed by atoms with Crippen LogP contribution >= 0.6 is 0 Å². The summed E-state index contributed by atoms with van der Waals surface area (Å²) in [5.74, 6) is 1.32. The number of hydrogen-bond acceptors (Lipinski definition) is 3. The Kier molecular flexibility index (Phi) is 5.58. The summed E-state index contributed by atoms with van der Waals surface area (Å²) in [4.78, 5) is 13.1. The molecule has 0 bridgehead atoms. The van der Waals surface area contributed by atoms with Crippen molar-refractivity contribution < 1.29 is 9.53 Å². The van der Waals surface area contributed by atoms with Crippen LogP contribution in [0.4, 0.5) is 5.69 Å². The van der Waals surface area contributed by atoms with Gasteiger partial charge in [-0.2, -0.15) is 0 Å². The number of hydrogen-bond donors (Lipinski definition) is 2. The fourth-order valence-electron chi connectivity index (χ4n) is 5.34. The second kappa shape index (κ2) is 8.51. The molecule has 2 aromatic carbocycles. The Morgan fingerprint density at radius 2 is 2.03 bits per heavy atom. The number of amides is 1. The predicted molar refractivity (Wildman–Crippen MR) is 125 cm³/mol. The Bertz CT molecular complexity index is 973. The highest BCUT2D eigenvalue weighted by Crippen LogP contribution is 2.50. The Morgan fingerprint density at radius 3 is 2.77 bits per heavy atom. The van der Waals surface area contributed by atoms with Crippen molar-refractivity contribution in [3.05, 3.63) is 76.9 Å². The molecule has 0 aromatic heterocycles. The van der Waals surface area contributed by atoms with Crippen LogP contribution in [-0.2, 0) is 4.74 Å². The number of anilines is 1. The number of ether oxygens (including phenoxy) is 1. The quantitative estimate of drug-likeness (QED) is 0.629. The predicted octanol–water partition coefficient (Wildman–Crippen LogP) is 5.55. The average molecular weight is 417 g/mol. The number of para-hydroxylation sites is 1. The zero-order valence-corrected chi connectivity index (χ0v) is 18.4. The Hall–Kier alpha value is -2.59. The highest BCUT2D eigenvalue weighted by molar-refractivity contribution is 6.00. The summed E-state index contributed by atoms with van der Waals surface area (Å²) in [6.45, 7) is 5.83. The second-order valence-electron chi connectivity index (χ2n) is 9.41. The van der Waals surface area contributed by atoms with Crippen LogP contribution in [0.1, 0.15) is 78.0 Å². The lowest BCUT2D eigenvalue weighted by atomic mass is 9.76. The van der Waals surface area contributed by atoms with E-state index in [-0.39, 0.29) is 18.1 Å². The van der Waals surface area contributed by atoms with Gasteiger partial charge in [-0.15, -0.1) is 0 Å². The van der Waals surface area contributed by atoms with Gasteiger partial charge in [0.2, 0.25) is 0 Å². The molecule has 4 nitrogen and oxygen atoms in total. The van der Waals surface area contributed by atoms with Gasteiger partial charge in [0, 0.05) is 19.1 Å². The number of rotatable bonds is 5. The minimum Gasteiger partial charge on any atom is -0.377 e. The summed E-state index contributed by atoms with van der Waals surface area (Å²) < 4.78 is 5.67. The SMILES string of the molecule is CC(C)c1ccc(C2Nc3c(C(=O)NCC4CCCO4)cccc3C3C=CCC32)cc1. The molecule has 0 saturated carbocycles. The Morgan fingerprint density at radius 1 is 1.19 bits per heavy atom. The normalized spacial score (nSPS) is 26.4. The topological polar surface area (TPSA) is 50.4 Å². The highest BCUT2D eigenvalue weighted by atomic mass is 16.5. The minimum atomic E-state index is -0.0193. The lowest BCUT2D eigenvalue weighted by Gasteiger charge is -2.38. The zero-order valence-electron chi connectivity index (χ0n) is 18.4. The number of nitrogens with one attached hydrogen (secondary N) is 2. The molecule has 162 valence electrons. The van der Waals surface area contributed by atoms with E-state index in [9.17, 15) is 4.79 Å². The fraction of sp³-hybridized carbons (Fsp3) is 0.444. The number of carbonyl (C=O) groups is 1. The molecule has 31 heavy (non-hydrogen) atoms. The van der Waals surface area contributed by atoms with Gasteiger partial charge in [-0.05, 0) is 53.9 Å². The molecule has 4 heteroatoms. The van der Waals surface area contributed by atoms with Crippen LogP contribution in [-0.4, -0.2) is 25.2 Å². The molecule has 2 aliphatic heterocycles. The summed E-state index contributed by atoms with van der Waals surface area (Å²) in [6.07, 6.45) is 7.93. The van der Waals surface area contributed by atoms with E-state index in [0.717, 1.165) is 37.1 Å². The number of allylic oxidation sites excluding steroid dienone is 2. The van der Waals surface area contributed by atoms with Crippen LogP contribution in [0.25, 0.3) is 0 Å². The van der Waals surface area contributed by atoms with Gasteiger partial charge < -0.3 is 15.4 Å². The van der Waals surface area contributed by atoms with Crippen molar-refractivity contribution in [2.75, 3.05) is 18.5 Å². The summed E-state index contributed by atoms with van der Waals surface area (Å²) in [5, 5.41) is 6.88. The van der Waals surface area contributed by atoms with E-state index in [1.165, 1.54) is 16.7 Å². The molecule has 2 N–H and O–H groups in total. The minimum absolute atomic E-state index is 0.0193. The number of fused-ring (bicyclic) bond motifs is 3. The van der Waals surface area contributed by atoms with E-state index in [0.29, 0.717) is 24.3 Å². The molecular formula is C27H32N2O2. The maximum atomic E-state index is 13.1. The first kappa shape index (κ1) is 20.3. The van der Waals surface area contributed by atoms with Gasteiger partial charge in [-0.25, -0.2) is 0 Å². The van der Waals surface area contributed by atoms with Crippen LogP contribution < -0.4 is 10.6 Å². The maximum absolute atomic E-state index is 13.1. The molecule has 0 spiro atoms. The largest absolute Gasteiger partial charge is 0.377 e. The van der Waals surface area contributed by atoms with E-state index in [1.807, 2.05) is 12.1 Å². The molecule has 2 heterocycles. The van der Waals surface area contributed by atoms with Crippen molar-refractivity contribution in [3.63, 3.8) is 0 Å². The van der Waals surface area contributed by atoms with Crippen LogP contribution in [0.3, 0.4) is 0 Å². The molecule has 1 amide bonds. The molecule has 0 radical (unpaired) electrons. The molecule has 1 saturated heterocycles. The molecule has 5 rings (SSSR count). The maximum Gasteiger partial charge on any atom is 0.253 e. The van der Waals surface area contributed by atoms with E-state index in [2.05, 4.69) is 67.0 Å². The summed E-state index contributed by atoms with van der Waals surface area (Å²) in [7, 11) is 0. The molecule has 2 aromatic rings. The second-order valence-corrected chi connectivity index (χ2v) is 9.41. The molecule has 1 fully saturated rings. The lowest BCUT2D eigenvalue weighted by molar-refractivity contribution is 0.0858. The monoisotopic (exact) mass is 416 g/mol. The third-order valence-electron chi connectivity index (χ3n) is 7.12. The van der Waals surface area contributed by atoms with Crippen molar-refractivity contribution in [2.45, 2.75) is 57.1 Å². The van der Waals surface area contributed by atoms with E-state index in [4.69, 9.17) is 4.74 Å². The molecule has 1 aliphatic carbocycles. The molecule has 4 unspecified atom stereocenters. The molecular weight excluding hydrogens is 384 g/mol. The van der Waals surface area contributed by atoms with Gasteiger partial charge in [0.15, 0.2) is 0 Å². The van der Waals surface area contributed by atoms with Crippen molar-refractivity contribution in [3.8, 4) is 0 Å². The van der Waals surface area contributed by atoms with Crippen LogP contribution in [0.5, 0.6) is 0 Å². The first-order valence-corrected chi connectivity index (χ1v) is 11.7. The van der Waals surface area contributed by atoms with E-state index in [1.54, 1.807) is 0 Å². The molecule has 3 aliphatic rings. The summed E-state index contributed by atoms with van der Waals surface area (Å²) in [6, 6.07) is 15.3. The Balaban J connectivity index is 1.43. The van der Waals surface area contributed by atoms with Crippen LogP contribution in [0, 0.1) is 5.92 Å². The molecule has 4 atom stereocenters. The third-order valence-corrected chi connectivity index (χ3v) is 7.12. The van der Waals surface area contributed by atoms with E-state index >= 15 is 0 Å². The number of carbonyl (C=O) groups excluding carboxylic acids is 1. The van der Waals surface area contributed by atoms with Gasteiger partial charge in [0.25, 0.3) is 5.91 Å². The van der Waals surface area contributed by atoms with Gasteiger partial charge in [-0.3, -0.25) is 4.79 Å². The van der Waals surface area contributed by atoms with Crippen molar-refractivity contribution >= 4 is 11.6 Å². The Labute approximate surface area is 185 Å². The van der Waals surface area contributed by atoms with Crippen molar-refractivity contribution in [1.82, 2.24) is 5.32 Å². The third kappa shape index (κ3) is 3.89. The van der Waals surface area contributed by atoms with Gasteiger partial charge in [-0.1, -0.05) is 62.4 Å². The van der Waals surface area contributed by atoms with Gasteiger partial charge in [0.05, 0.1) is 23.4 Å². The zero-order chi connectivity index (χ0) is 21.4. The van der Waals surface area contributed by atoms with Crippen molar-refractivity contribution in [2.24, 2.45) is 5.92 Å². The van der Waals surface area contributed by atoms with Crippen LogP contribution in [0.15, 0.2) is 54.6 Å².